The fourth-order valence-electron chi connectivity index (χ4n) is 4.42. The average Bonchev–Trinajstić information content (AvgIpc) is 3.26. The molecule has 1 aliphatic heterocycles. The number of hydrogen-bond acceptors (Lipinski definition) is 5. The minimum absolute atomic E-state index is 0.217. The third kappa shape index (κ3) is 6.20. The molecule has 0 saturated carbocycles. The highest BCUT2D eigenvalue weighted by Crippen LogP contribution is 2.29. The maximum atomic E-state index is 13.7. The molecule has 6 nitrogen and oxygen atoms in total. The zero-order valence-corrected chi connectivity index (χ0v) is 22.6. The fraction of sp³-hybridized carbons (Fsp3) is 0.281. The van der Waals surface area contributed by atoms with E-state index in [1.165, 1.54) is 38.4 Å². The third-order valence-corrected chi connectivity index (χ3v) is 6.65. The molecule has 1 amide bonds. The standard InChI is InChI=1S/C32H35N3O3/c1-5-6-7-8-9-23-10-14-25(15-11-23)30-33-29(22-24-12-18-27(19-13-24)34(2)3)31(36)35(30)28-20-16-26(17-21-28)32(37)38-4/h10-22H,5-9H2,1-4H3/b29-22-. The van der Waals surface area contributed by atoms with Crippen molar-refractivity contribution < 1.29 is 14.3 Å². The predicted octanol–water partition coefficient (Wildman–Crippen LogP) is 6.50. The lowest BCUT2D eigenvalue weighted by molar-refractivity contribution is -0.113. The van der Waals surface area contributed by atoms with E-state index in [0.717, 1.165) is 23.2 Å². The summed E-state index contributed by atoms with van der Waals surface area (Å²) in [5, 5.41) is 0. The highest BCUT2D eigenvalue weighted by Gasteiger charge is 2.32. The smallest absolute Gasteiger partial charge is 0.337 e. The molecule has 3 aromatic rings. The van der Waals surface area contributed by atoms with Crippen molar-refractivity contribution in [2.24, 2.45) is 4.99 Å². The van der Waals surface area contributed by atoms with E-state index in [0.29, 0.717) is 22.8 Å². The quantitative estimate of drug-likeness (QED) is 0.178. The number of rotatable bonds is 10. The number of benzene rings is 3. The van der Waals surface area contributed by atoms with Gasteiger partial charge in [0.05, 0.1) is 18.4 Å². The molecular formula is C32H35N3O3. The van der Waals surface area contributed by atoms with E-state index in [1.807, 2.05) is 61.5 Å². The Hall–Kier alpha value is -4.19. The van der Waals surface area contributed by atoms with Crippen molar-refractivity contribution in [2.75, 3.05) is 31.0 Å². The maximum absolute atomic E-state index is 13.7. The number of unbranched alkanes of at least 4 members (excludes halogenated alkanes) is 3. The lowest BCUT2D eigenvalue weighted by atomic mass is 10.0. The Bertz CT molecular complexity index is 1320. The van der Waals surface area contributed by atoms with Crippen LogP contribution in [0.3, 0.4) is 0 Å². The van der Waals surface area contributed by atoms with E-state index < -0.39 is 5.97 Å². The first-order chi connectivity index (χ1) is 18.4. The summed E-state index contributed by atoms with van der Waals surface area (Å²) in [5.74, 6) is -0.0740. The van der Waals surface area contributed by atoms with Crippen LogP contribution >= 0.6 is 0 Å². The predicted molar refractivity (Wildman–Crippen MR) is 155 cm³/mol. The summed E-state index contributed by atoms with van der Waals surface area (Å²) in [6.07, 6.45) is 7.74. The van der Waals surface area contributed by atoms with Gasteiger partial charge in [0.15, 0.2) is 0 Å². The molecule has 0 fully saturated rings. The second-order valence-corrected chi connectivity index (χ2v) is 9.64. The summed E-state index contributed by atoms with van der Waals surface area (Å²) in [6, 6.07) is 23.1. The number of esters is 1. The zero-order valence-electron chi connectivity index (χ0n) is 22.6. The van der Waals surface area contributed by atoms with Gasteiger partial charge < -0.3 is 9.64 Å². The van der Waals surface area contributed by atoms with Crippen molar-refractivity contribution >= 4 is 35.2 Å². The minimum atomic E-state index is -0.422. The summed E-state index contributed by atoms with van der Waals surface area (Å²) in [5.41, 5.74) is 5.53. The van der Waals surface area contributed by atoms with E-state index in [1.54, 1.807) is 29.2 Å². The minimum Gasteiger partial charge on any atom is -0.465 e. The number of methoxy groups -OCH3 is 1. The van der Waals surface area contributed by atoms with Crippen LogP contribution in [0.15, 0.2) is 83.5 Å². The molecular weight excluding hydrogens is 474 g/mol. The van der Waals surface area contributed by atoms with Crippen LogP contribution in [0.5, 0.6) is 0 Å². The van der Waals surface area contributed by atoms with Gasteiger partial charge in [-0.15, -0.1) is 0 Å². The number of amides is 1. The van der Waals surface area contributed by atoms with E-state index in [9.17, 15) is 9.59 Å². The van der Waals surface area contributed by atoms with Crippen LogP contribution in [0.1, 0.15) is 59.7 Å². The summed E-state index contributed by atoms with van der Waals surface area (Å²) in [7, 11) is 5.33. The Morgan fingerprint density at radius 3 is 2.21 bits per heavy atom. The first-order valence-corrected chi connectivity index (χ1v) is 13.1. The highest BCUT2D eigenvalue weighted by molar-refractivity contribution is 6.33. The lowest BCUT2D eigenvalue weighted by Gasteiger charge is -2.19. The van der Waals surface area contributed by atoms with Crippen molar-refractivity contribution in [3.05, 3.63) is 101 Å². The molecule has 0 unspecified atom stereocenters. The van der Waals surface area contributed by atoms with Gasteiger partial charge in [-0.3, -0.25) is 9.69 Å². The van der Waals surface area contributed by atoms with Crippen molar-refractivity contribution in [1.29, 1.82) is 0 Å². The number of nitrogens with zero attached hydrogens (tertiary/aromatic N) is 3. The van der Waals surface area contributed by atoms with Crippen LogP contribution in [0, 0.1) is 0 Å². The largest absolute Gasteiger partial charge is 0.465 e. The van der Waals surface area contributed by atoms with Gasteiger partial charge in [-0.2, -0.15) is 0 Å². The topological polar surface area (TPSA) is 62.2 Å². The Balaban J connectivity index is 1.67. The van der Waals surface area contributed by atoms with Gasteiger partial charge in [0.1, 0.15) is 11.5 Å². The molecule has 4 rings (SSSR count). The molecule has 0 N–H and O–H groups in total. The van der Waals surface area contributed by atoms with E-state index in [-0.39, 0.29) is 5.91 Å². The van der Waals surface area contributed by atoms with Gasteiger partial charge in [-0.25, -0.2) is 9.79 Å². The summed E-state index contributed by atoms with van der Waals surface area (Å²) < 4.78 is 4.82. The lowest BCUT2D eigenvalue weighted by Crippen LogP contribution is -2.32. The molecule has 0 aromatic heterocycles. The van der Waals surface area contributed by atoms with Crippen molar-refractivity contribution in [1.82, 2.24) is 0 Å². The molecule has 0 atom stereocenters. The summed E-state index contributed by atoms with van der Waals surface area (Å²) in [6.45, 7) is 2.22. The number of ether oxygens (including phenoxy) is 1. The number of aryl methyl sites for hydroxylation is 1. The molecule has 0 saturated heterocycles. The zero-order chi connectivity index (χ0) is 27.1. The average molecular weight is 510 g/mol. The van der Waals surface area contributed by atoms with Crippen LogP contribution < -0.4 is 9.80 Å². The van der Waals surface area contributed by atoms with E-state index in [4.69, 9.17) is 9.73 Å². The molecule has 3 aromatic carbocycles. The Labute approximate surface area is 225 Å². The Kier molecular flexibility index (Phi) is 8.74. The molecule has 0 aliphatic carbocycles. The van der Waals surface area contributed by atoms with Crippen LogP contribution in [-0.4, -0.2) is 38.9 Å². The number of amidine groups is 1. The number of anilines is 2. The van der Waals surface area contributed by atoms with E-state index in [2.05, 4.69) is 19.1 Å². The second-order valence-electron chi connectivity index (χ2n) is 9.64. The van der Waals surface area contributed by atoms with Crippen molar-refractivity contribution in [3.63, 3.8) is 0 Å². The number of aliphatic imine (C=N–C) groups is 1. The van der Waals surface area contributed by atoms with Gasteiger partial charge in [0.2, 0.25) is 0 Å². The molecule has 1 heterocycles. The molecule has 0 spiro atoms. The van der Waals surface area contributed by atoms with Gasteiger partial charge in [-0.1, -0.05) is 62.6 Å². The number of carbonyl (C=O) groups excluding carboxylic acids is 2. The van der Waals surface area contributed by atoms with Crippen LogP contribution in [0.25, 0.3) is 6.08 Å². The Morgan fingerprint density at radius 1 is 0.921 bits per heavy atom. The normalized spacial score (nSPS) is 14.1. The summed E-state index contributed by atoms with van der Waals surface area (Å²) >= 11 is 0. The molecule has 6 heteroatoms. The number of hydrogen-bond donors (Lipinski definition) is 0. The SMILES string of the molecule is CCCCCCc1ccc(C2=N/C(=C\c3ccc(N(C)C)cc3)C(=O)N2c2ccc(C(=O)OC)cc2)cc1. The second kappa shape index (κ2) is 12.4. The number of carbonyl (C=O) groups is 2. The van der Waals surface area contributed by atoms with Crippen molar-refractivity contribution in [3.8, 4) is 0 Å². The first-order valence-electron chi connectivity index (χ1n) is 13.1. The molecule has 196 valence electrons. The van der Waals surface area contributed by atoms with Crippen LogP contribution in [0.2, 0.25) is 0 Å². The van der Waals surface area contributed by atoms with Crippen molar-refractivity contribution in [2.45, 2.75) is 39.0 Å². The van der Waals surface area contributed by atoms with Gasteiger partial charge >= 0.3 is 5.97 Å². The first kappa shape index (κ1) is 26.9. The third-order valence-electron chi connectivity index (χ3n) is 6.65. The van der Waals surface area contributed by atoms with Gasteiger partial charge in [0, 0.05) is 25.3 Å². The molecule has 1 aliphatic rings. The van der Waals surface area contributed by atoms with Gasteiger partial charge in [-0.05, 0) is 66.4 Å². The summed E-state index contributed by atoms with van der Waals surface area (Å²) in [4.78, 5) is 34.0. The van der Waals surface area contributed by atoms with Crippen LogP contribution in [0.4, 0.5) is 11.4 Å². The maximum Gasteiger partial charge on any atom is 0.337 e. The van der Waals surface area contributed by atoms with Crippen LogP contribution in [-0.2, 0) is 16.0 Å². The van der Waals surface area contributed by atoms with Gasteiger partial charge in [0.25, 0.3) is 5.91 Å². The Morgan fingerprint density at radius 2 is 1.61 bits per heavy atom. The molecule has 38 heavy (non-hydrogen) atoms. The fourth-order valence-corrected chi connectivity index (χ4v) is 4.42. The molecule has 0 radical (unpaired) electrons. The monoisotopic (exact) mass is 509 g/mol. The van der Waals surface area contributed by atoms with E-state index >= 15 is 0 Å². The molecule has 0 bridgehead atoms. The highest BCUT2D eigenvalue weighted by atomic mass is 16.5.